The molecule has 0 N–H and O–H groups in total. The minimum atomic E-state index is -0.112. The van der Waals surface area contributed by atoms with Gasteiger partial charge in [0.2, 0.25) is 0 Å². The van der Waals surface area contributed by atoms with Crippen LogP contribution in [0.5, 0.6) is 0 Å². The summed E-state index contributed by atoms with van der Waals surface area (Å²) >= 11 is 3.28. The van der Waals surface area contributed by atoms with Crippen LogP contribution < -0.4 is 0 Å². The summed E-state index contributed by atoms with van der Waals surface area (Å²) in [4.78, 5) is 10.8. The van der Waals surface area contributed by atoms with Gasteiger partial charge >= 0.3 is 5.97 Å². The molecule has 2 nitrogen and oxygen atoms in total. The Hall–Kier alpha value is -0.0500. The van der Waals surface area contributed by atoms with Crippen LogP contribution in [-0.2, 0) is 9.53 Å². The summed E-state index contributed by atoms with van der Waals surface area (Å²) in [5, 5.41) is 0. The van der Waals surface area contributed by atoms with Crippen molar-refractivity contribution in [1.82, 2.24) is 0 Å². The third kappa shape index (κ3) is 1.19. The van der Waals surface area contributed by atoms with Gasteiger partial charge in [-0.1, -0.05) is 29.8 Å². The second-order valence-electron chi connectivity index (χ2n) is 2.64. The lowest BCUT2D eigenvalue weighted by Crippen LogP contribution is -2.16. The number of rotatable bonds is 1. The predicted molar refractivity (Wildman–Crippen MR) is 42.1 cm³/mol. The van der Waals surface area contributed by atoms with E-state index >= 15 is 0 Å². The van der Waals surface area contributed by atoms with Crippen molar-refractivity contribution in [3.8, 4) is 0 Å². The summed E-state index contributed by atoms with van der Waals surface area (Å²) in [6, 6.07) is 0. The van der Waals surface area contributed by atoms with Crippen molar-refractivity contribution in [3.63, 3.8) is 0 Å². The van der Waals surface area contributed by atoms with Crippen molar-refractivity contribution in [1.29, 1.82) is 0 Å². The number of carbonyl (C=O) groups excluding carboxylic acids is 1. The zero-order chi connectivity index (χ0) is 7.72. The van der Waals surface area contributed by atoms with E-state index in [-0.39, 0.29) is 16.9 Å². The minimum Gasteiger partial charge on any atom is -0.461 e. The quantitative estimate of drug-likeness (QED) is 0.483. The molecule has 1 heterocycles. The Bertz CT molecular complexity index is 147. The van der Waals surface area contributed by atoms with Crippen LogP contribution in [-0.4, -0.2) is 16.9 Å². The standard InChI is InChI=1S/C7H11BrO2/c1-3-5-4(2)6(8)7(9)10-5/h4-6H,3H2,1-2H3/t4-,5+,6-/m0/s1. The SMILES string of the molecule is CC[C@H]1OC(=O)[C@@H](Br)[C@H]1C. The van der Waals surface area contributed by atoms with Gasteiger partial charge < -0.3 is 4.74 Å². The monoisotopic (exact) mass is 206 g/mol. The molecule has 0 spiro atoms. The van der Waals surface area contributed by atoms with E-state index in [1.165, 1.54) is 0 Å². The van der Waals surface area contributed by atoms with Gasteiger partial charge in [0.1, 0.15) is 10.9 Å². The maximum absolute atomic E-state index is 10.9. The van der Waals surface area contributed by atoms with E-state index in [1.54, 1.807) is 0 Å². The highest BCUT2D eigenvalue weighted by atomic mass is 79.9. The number of carbonyl (C=O) groups is 1. The van der Waals surface area contributed by atoms with Gasteiger partial charge in [-0.2, -0.15) is 0 Å². The number of hydrogen-bond acceptors (Lipinski definition) is 2. The fourth-order valence-corrected chi connectivity index (χ4v) is 1.63. The molecule has 58 valence electrons. The topological polar surface area (TPSA) is 26.3 Å². The van der Waals surface area contributed by atoms with Crippen molar-refractivity contribution in [2.45, 2.75) is 31.2 Å². The van der Waals surface area contributed by atoms with Gasteiger partial charge in [-0.3, -0.25) is 4.79 Å². The number of ether oxygens (including phenoxy) is 1. The first-order chi connectivity index (χ1) is 4.66. The molecule has 1 saturated heterocycles. The molecule has 0 saturated carbocycles. The molecule has 0 amide bonds. The van der Waals surface area contributed by atoms with Gasteiger partial charge in [0.05, 0.1) is 0 Å². The highest BCUT2D eigenvalue weighted by Gasteiger charge is 2.38. The number of esters is 1. The zero-order valence-corrected chi connectivity index (χ0v) is 7.72. The summed E-state index contributed by atoms with van der Waals surface area (Å²) in [6.07, 6.45) is 1.03. The predicted octanol–water partition coefficient (Wildman–Crippen LogP) is 1.72. The van der Waals surface area contributed by atoms with Crippen LogP contribution in [0.25, 0.3) is 0 Å². The fraction of sp³-hybridized carbons (Fsp3) is 0.857. The molecule has 0 bridgehead atoms. The van der Waals surface area contributed by atoms with Gasteiger partial charge in [0, 0.05) is 5.92 Å². The molecule has 3 heteroatoms. The molecule has 0 aliphatic carbocycles. The van der Waals surface area contributed by atoms with E-state index in [9.17, 15) is 4.79 Å². The first-order valence-electron chi connectivity index (χ1n) is 3.51. The van der Waals surface area contributed by atoms with E-state index in [2.05, 4.69) is 15.9 Å². The molecule has 1 fully saturated rings. The van der Waals surface area contributed by atoms with Crippen molar-refractivity contribution in [2.75, 3.05) is 0 Å². The van der Waals surface area contributed by atoms with E-state index in [0.717, 1.165) is 6.42 Å². The van der Waals surface area contributed by atoms with Crippen molar-refractivity contribution >= 4 is 21.9 Å². The van der Waals surface area contributed by atoms with Crippen molar-refractivity contribution in [2.24, 2.45) is 5.92 Å². The van der Waals surface area contributed by atoms with E-state index in [4.69, 9.17) is 4.74 Å². The molecule has 1 rings (SSSR count). The Morgan fingerprint density at radius 3 is 2.50 bits per heavy atom. The number of alkyl halides is 1. The van der Waals surface area contributed by atoms with Gasteiger partial charge in [-0.05, 0) is 6.42 Å². The van der Waals surface area contributed by atoms with Gasteiger partial charge in [0.15, 0.2) is 0 Å². The first-order valence-corrected chi connectivity index (χ1v) is 4.43. The van der Waals surface area contributed by atoms with Crippen LogP contribution >= 0.6 is 15.9 Å². The lowest BCUT2D eigenvalue weighted by molar-refractivity contribution is -0.141. The largest absolute Gasteiger partial charge is 0.461 e. The van der Waals surface area contributed by atoms with Crippen molar-refractivity contribution in [3.05, 3.63) is 0 Å². The van der Waals surface area contributed by atoms with E-state index in [1.807, 2.05) is 13.8 Å². The lowest BCUT2D eigenvalue weighted by atomic mass is 10.0. The Kier molecular flexibility index (Phi) is 2.34. The molecule has 0 unspecified atom stereocenters. The second-order valence-corrected chi connectivity index (χ2v) is 3.63. The Labute approximate surface area is 69.1 Å². The lowest BCUT2D eigenvalue weighted by Gasteiger charge is -2.10. The van der Waals surface area contributed by atoms with Crippen LogP contribution in [0.15, 0.2) is 0 Å². The summed E-state index contributed by atoms with van der Waals surface area (Å²) in [5.41, 5.74) is 0. The highest BCUT2D eigenvalue weighted by Crippen LogP contribution is 2.29. The first kappa shape index (κ1) is 8.05. The van der Waals surface area contributed by atoms with Crippen LogP contribution in [0.3, 0.4) is 0 Å². The Morgan fingerprint density at radius 1 is 1.70 bits per heavy atom. The number of cyclic esters (lactones) is 1. The molecule has 1 aliphatic heterocycles. The third-order valence-electron chi connectivity index (χ3n) is 1.94. The smallest absolute Gasteiger partial charge is 0.320 e. The fourth-order valence-electron chi connectivity index (χ4n) is 1.18. The van der Waals surface area contributed by atoms with Gasteiger partial charge in [-0.15, -0.1) is 0 Å². The minimum absolute atomic E-state index is 0.0857. The van der Waals surface area contributed by atoms with Crippen LogP contribution in [0.1, 0.15) is 20.3 Å². The van der Waals surface area contributed by atoms with Crippen LogP contribution in [0, 0.1) is 5.92 Å². The maximum atomic E-state index is 10.9. The Morgan fingerprint density at radius 2 is 2.30 bits per heavy atom. The number of hydrogen-bond donors (Lipinski definition) is 0. The normalized spacial score (nSPS) is 39.9. The molecule has 3 atom stereocenters. The molecule has 0 radical (unpaired) electrons. The molecule has 1 aliphatic rings. The third-order valence-corrected chi connectivity index (χ3v) is 3.15. The summed E-state index contributed by atoms with van der Waals surface area (Å²) in [6.45, 7) is 4.05. The van der Waals surface area contributed by atoms with E-state index in [0.29, 0.717) is 5.92 Å². The summed E-state index contributed by atoms with van der Waals surface area (Å²) < 4.78 is 5.05. The van der Waals surface area contributed by atoms with E-state index < -0.39 is 0 Å². The molecule has 0 aromatic rings. The van der Waals surface area contributed by atoms with Gasteiger partial charge in [-0.25, -0.2) is 0 Å². The average molecular weight is 207 g/mol. The average Bonchev–Trinajstić information content (AvgIpc) is 2.17. The van der Waals surface area contributed by atoms with Crippen LogP contribution in [0.4, 0.5) is 0 Å². The molecule has 0 aromatic carbocycles. The number of halogens is 1. The summed E-state index contributed by atoms with van der Waals surface area (Å²) in [7, 11) is 0. The zero-order valence-electron chi connectivity index (χ0n) is 6.13. The molecular formula is C7H11BrO2. The second kappa shape index (κ2) is 2.91. The maximum Gasteiger partial charge on any atom is 0.320 e. The Balaban J connectivity index is 2.61. The molecule has 0 aromatic heterocycles. The summed E-state index contributed by atoms with van der Waals surface area (Å²) in [5.74, 6) is 0.205. The van der Waals surface area contributed by atoms with Gasteiger partial charge in [0.25, 0.3) is 0 Å². The molecule has 10 heavy (non-hydrogen) atoms. The highest BCUT2D eigenvalue weighted by molar-refractivity contribution is 9.10. The molecular weight excluding hydrogens is 196 g/mol. The van der Waals surface area contributed by atoms with Crippen molar-refractivity contribution < 1.29 is 9.53 Å². The van der Waals surface area contributed by atoms with Crippen LogP contribution in [0.2, 0.25) is 0 Å².